The summed E-state index contributed by atoms with van der Waals surface area (Å²) < 4.78 is 13.3. The van der Waals surface area contributed by atoms with Crippen LogP contribution in [0.1, 0.15) is 22.8 Å². The Hall–Kier alpha value is -2.47. The Balaban J connectivity index is 2.55. The van der Waals surface area contributed by atoms with Gasteiger partial charge in [-0.05, 0) is 42.3 Å². The molecule has 0 fully saturated rings. The fraction of sp³-hybridized carbons (Fsp3) is 0.0667. The van der Waals surface area contributed by atoms with Crippen LogP contribution in [-0.4, -0.2) is 5.78 Å². The quantitative estimate of drug-likeness (QED) is 0.752. The van der Waals surface area contributed by atoms with Gasteiger partial charge >= 0.3 is 0 Å². The summed E-state index contributed by atoms with van der Waals surface area (Å²) in [5, 5.41) is 8.81. The third-order valence-electron chi connectivity index (χ3n) is 2.63. The van der Waals surface area contributed by atoms with Gasteiger partial charge in [0, 0.05) is 5.56 Å². The molecular formula is C15H10FNO. The highest BCUT2D eigenvalue weighted by molar-refractivity contribution is 5.95. The molecule has 0 bridgehead atoms. The number of nitriles is 1. The Morgan fingerprint density at radius 1 is 1.17 bits per heavy atom. The van der Waals surface area contributed by atoms with E-state index in [1.54, 1.807) is 30.3 Å². The second kappa shape index (κ2) is 4.80. The van der Waals surface area contributed by atoms with Crippen molar-refractivity contribution in [1.82, 2.24) is 0 Å². The van der Waals surface area contributed by atoms with Crippen molar-refractivity contribution in [3.05, 3.63) is 59.4 Å². The minimum absolute atomic E-state index is 0.0474. The second-order valence-corrected chi connectivity index (χ2v) is 3.98. The lowest BCUT2D eigenvalue weighted by Crippen LogP contribution is -1.92. The van der Waals surface area contributed by atoms with E-state index in [1.165, 1.54) is 19.1 Å². The summed E-state index contributed by atoms with van der Waals surface area (Å²) in [5.74, 6) is -0.508. The number of carbonyl (C=O) groups excluding carboxylic acids is 1. The maximum Gasteiger partial charge on any atom is 0.159 e. The summed E-state index contributed by atoms with van der Waals surface area (Å²) in [4.78, 5) is 11.3. The number of Topliss-reactive ketones (excluding diaryl/α,β-unsaturated/α-hetero) is 1. The fourth-order valence-corrected chi connectivity index (χ4v) is 1.74. The summed E-state index contributed by atoms with van der Waals surface area (Å²) in [6.07, 6.45) is 0. The van der Waals surface area contributed by atoms with E-state index in [0.29, 0.717) is 11.1 Å². The molecule has 0 amide bonds. The molecule has 2 rings (SSSR count). The molecule has 0 aliphatic rings. The Morgan fingerprint density at radius 3 is 2.61 bits per heavy atom. The standard InChI is InChI=1S/C15H10FNO/c1-10(18)12-3-2-4-13(7-12)14-5-11(9-17)6-15(16)8-14/h2-8H,1H3. The highest BCUT2D eigenvalue weighted by Crippen LogP contribution is 2.23. The van der Waals surface area contributed by atoms with E-state index in [1.807, 2.05) is 6.07 Å². The lowest BCUT2D eigenvalue weighted by atomic mass is 10.00. The molecule has 0 radical (unpaired) electrons. The zero-order valence-corrected chi connectivity index (χ0v) is 9.77. The van der Waals surface area contributed by atoms with E-state index in [0.717, 1.165) is 5.56 Å². The molecule has 0 heterocycles. The van der Waals surface area contributed by atoms with Gasteiger partial charge in [0.2, 0.25) is 0 Å². The molecule has 0 saturated heterocycles. The molecule has 0 aliphatic heterocycles. The molecule has 0 saturated carbocycles. The topological polar surface area (TPSA) is 40.9 Å². The first-order valence-electron chi connectivity index (χ1n) is 5.42. The van der Waals surface area contributed by atoms with E-state index in [9.17, 15) is 9.18 Å². The summed E-state index contributed by atoms with van der Waals surface area (Å²) >= 11 is 0. The van der Waals surface area contributed by atoms with Gasteiger partial charge in [0.25, 0.3) is 0 Å². The molecule has 0 N–H and O–H groups in total. The van der Waals surface area contributed by atoms with Crippen LogP contribution < -0.4 is 0 Å². The van der Waals surface area contributed by atoms with Gasteiger partial charge < -0.3 is 0 Å². The number of hydrogen-bond donors (Lipinski definition) is 0. The van der Waals surface area contributed by atoms with Gasteiger partial charge in [0.1, 0.15) is 5.82 Å². The van der Waals surface area contributed by atoms with Crippen molar-refractivity contribution < 1.29 is 9.18 Å². The van der Waals surface area contributed by atoms with Gasteiger partial charge in [-0.15, -0.1) is 0 Å². The predicted octanol–water partition coefficient (Wildman–Crippen LogP) is 3.57. The fourth-order valence-electron chi connectivity index (χ4n) is 1.74. The molecular weight excluding hydrogens is 229 g/mol. The van der Waals surface area contributed by atoms with Crippen LogP contribution in [-0.2, 0) is 0 Å². The summed E-state index contributed by atoms with van der Waals surface area (Å²) in [7, 11) is 0. The van der Waals surface area contributed by atoms with Crippen molar-refractivity contribution in [2.75, 3.05) is 0 Å². The number of halogens is 1. The average molecular weight is 239 g/mol. The van der Waals surface area contributed by atoms with Gasteiger partial charge in [0.05, 0.1) is 11.6 Å². The zero-order valence-electron chi connectivity index (χ0n) is 9.77. The number of nitrogens with zero attached hydrogens (tertiary/aromatic N) is 1. The first-order chi connectivity index (χ1) is 8.60. The van der Waals surface area contributed by atoms with Crippen molar-refractivity contribution >= 4 is 5.78 Å². The van der Waals surface area contributed by atoms with Crippen molar-refractivity contribution in [1.29, 1.82) is 5.26 Å². The van der Waals surface area contributed by atoms with E-state index < -0.39 is 5.82 Å². The third kappa shape index (κ3) is 2.44. The lowest BCUT2D eigenvalue weighted by Gasteiger charge is -2.04. The van der Waals surface area contributed by atoms with Crippen LogP contribution in [0.2, 0.25) is 0 Å². The van der Waals surface area contributed by atoms with E-state index in [4.69, 9.17) is 5.26 Å². The van der Waals surface area contributed by atoms with E-state index in [-0.39, 0.29) is 11.3 Å². The highest BCUT2D eigenvalue weighted by Gasteiger charge is 2.05. The van der Waals surface area contributed by atoms with Crippen molar-refractivity contribution in [2.45, 2.75) is 6.92 Å². The second-order valence-electron chi connectivity index (χ2n) is 3.98. The summed E-state index contributed by atoms with van der Waals surface area (Å²) in [5.41, 5.74) is 2.14. The minimum Gasteiger partial charge on any atom is -0.295 e. The zero-order chi connectivity index (χ0) is 13.1. The molecule has 0 unspecified atom stereocenters. The molecule has 2 aromatic rings. The summed E-state index contributed by atoms with van der Waals surface area (Å²) in [6.45, 7) is 1.48. The molecule has 2 aromatic carbocycles. The summed E-state index contributed by atoms with van der Waals surface area (Å²) in [6, 6.07) is 13.0. The van der Waals surface area contributed by atoms with E-state index >= 15 is 0 Å². The number of benzene rings is 2. The lowest BCUT2D eigenvalue weighted by molar-refractivity contribution is 0.101. The van der Waals surface area contributed by atoms with Crippen molar-refractivity contribution in [3.63, 3.8) is 0 Å². The molecule has 0 spiro atoms. The predicted molar refractivity (Wildman–Crippen MR) is 66.6 cm³/mol. The molecule has 2 nitrogen and oxygen atoms in total. The monoisotopic (exact) mass is 239 g/mol. The molecule has 0 aliphatic carbocycles. The van der Waals surface area contributed by atoms with Crippen molar-refractivity contribution in [3.8, 4) is 17.2 Å². The van der Waals surface area contributed by atoms with Crippen LogP contribution in [0.4, 0.5) is 4.39 Å². The van der Waals surface area contributed by atoms with Gasteiger partial charge in [0.15, 0.2) is 5.78 Å². The average Bonchev–Trinajstić information content (AvgIpc) is 2.38. The van der Waals surface area contributed by atoms with Crippen LogP contribution in [0.15, 0.2) is 42.5 Å². The van der Waals surface area contributed by atoms with Gasteiger partial charge in [-0.2, -0.15) is 5.26 Å². The highest BCUT2D eigenvalue weighted by atomic mass is 19.1. The normalized spacial score (nSPS) is 9.83. The van der Waals surface area contributed by atoms with Crippen LogP contribution >= 0.6 is 0 Å². The molecule has 0 atom stereocenters. The third-order valence-corrected chi connectivity index (χ3v) is 2.63. The van der Waals surface area contributed by atoms with Crippen LogP contribution in [0, 0.1) is 17.1 Å². The van der Waals surface area contributed by atoms with Crippen molar-refractivity contribution in [2.24, 2.45) is 0 Å². The Kier molecular flexibility index (Phi) is 3.20. The smallest absolute Gasteiger partial charge is 0.159 e. The number of hydrogen-bond acceptors (Lipinski definition) is 2. The molecule has 3 heteroatoms. The maximum absolute atomic E-state index is 13.3. The van der Waals surface area contributed by atoms with Gasteiger partial charge in [-0.3, -0.25) is 4.79 Å². The minimum atomic E-state index is -0.461. The maximum atomic E-state index is 13.3. The Labute approximate surface area is 104 Å². The van der Waals surface area contributed by atoms with Gasteiger partial charge in [-0.1, -0.05) is 18.2 Å². The van der Waals surface area contributed by atoms with E-state index in [2.05, 4.69) is 0 Å². The molecule has 88 valence electrons. The van der Waals surface area contributed by atoms with Gasteiger partial charge in [-0.25, -0.2) is 4.39 Å². The first-order valence-corrected chi connectivity index (χ1v) is 5.42. The first kappa shape index (κ1) is 12.0. The Morgan fingerprint density at radius 2 is 1.94 bits per heavy atom. The number of rotatable bonds is 2. The largest absolute Gasteiger partial charge is 0.295 e. The Bertz CT molecular complexity index is 656. The number of ketones is 1. The number of carbonyl (C=O) groups is 1. The molecule has 18 heavy (non-hydrogen) atoms. The SMILES string of the molecule is CC(=O)c1cccc(-c2cc(F)cc(C#N)c2)c1. The molecule has 0 aromatic heterocycles. The van der Waals surface area contributed by atoms with Crippen LogP contribution in [0.25, 0.3) is 11.1 Å². The van der Waals surface area contributed by atoms with Crippen LogP contribution in [0.5, 0.6) is 0 Å². The van der Waals surface area contributed by atoms with Crippen LogP contribution in [0.3, 0.4) is 0 Å².